The van der Waals surface area contributed by atoms with E-state index in [0.29, 0.717) is 40.1 Å². The summed E-state index contributed by atoms with van der Waals surface area (Å²) in [6.45, 7) is 2.77. The second-order valence-corrected chi connectivity index (χ2v) is 10.2. The van der Waals surface area contributed by atoms with Gasteiger partial charge >= 0.3 is 176 Å². The van der Waals surface area contributed by atoms with E-state index in [4.69, 9.17) is 32.5 Å². The standard InChI is InChI=1S/C22H17Cl2F2IN3O4/c1-3-32-21(31)27-11-30-10-16(24)14-8-12(4-6-17(14)30)19-28-20(34-29-19)13-5-7-18(15(23)9-13)33-22(2,25)26/h4-10H,3,11H2,1-2H3/q-1. The Morgan fingerprint density at radius 3 is 2.65 bits per heavy atom. The van der Waals surface area contributed by atoms with E-state index < -0.39 is 27.3 Å². The number of fused-ring (bicyclic) bond motifs is 1. The molecule has 0 atom stereocenters. The molecule has 4 rings (SSSR count). The molecule has 12 heteroatoms. The third kappa shape index (κ3) is 5.61. The van der Waals surface area contributed by atoms with E-state index in [2.05, 4.69) is 14.9 Å². The maximum absolute atomic E-state index is 13.1. The molecule has 0 saturated heterocycles. The SMILES string of the molecule is CCOC(=O)[I-]Cn1cc(Cl)c2cc(-c3noc(-c4ccc(OC(C)(F)F)c(Cl)c4)n3)ccc21. The van der Waals surface area contributed by atoms with E-state index in [1.54, 1.807) is 13.1 Å². The third-order valence-electron chi connectivity index (χ3n) is 4.54. The Kier molecular flexibility index (Phi) is 7.29. The number of carbonyl (C=O) groups is 1. The summed E-state index contributed by atoms with van der Waals surface area (Å²) >= 11 is 11.7. The van der Waals surface area contributed by atoms with Crippen LogP contribution in [0.4, 0.5) is 13.6 Å². The number of halogens is 5. The molecule has 0 N–H and O–H groups in total. The summed E-state index contributed by atoms with van der Waals surface area (Å²) in [5, 5.41) is 5.31. The fourth-order valence-electron chi connectivity index (χ4n) is 3.12. The van der Waals surface area contributed by atoms with E-state index in [1.165, 1.54) is 18.2 Å². The maximum atomic E-state index is 13.1. The number of nitrogens with zero attached hydrogens (tertiary/aromatic N) is 3. The van der Waals surface area contributed by atoms with Crippen molar-refractivity contribution >= 4 is 38.1 Å². The van der Waals surface area contributed by atoms with Gasteiger partial charge < -0.3 is 4.74 Å². The average Bonchev–Trinajstić information content (AvgIpc) is 3.38. The van der Waals surface area contributed by atoms with Gasteiger partial charge in [-0.25, -0.2) is 0 Å². The quantitative estimate of drug-likeness (QED) is 0.169. The molecule has 0 aliphatic rings. The van der Waals surface area contributed by atoms with Gasteiger partial charge in [0.15, 0.2) is 0 Å². The Morgan fingerprint density at radius 1 is 1.18 bits per heavy atom. The molecule has 0 fully saturated rings. The van der Waals surface area contributed by atoms with Gasteiger partial charge in [-0.2, -0.15) is 8.78 Å². The molecule has 0 spiro atoms. The molecule has 7 nitrogen and oxygen atoms in total. The summed E-state index contributed by atoms with van der Waals surface area (Å²) in [6.07, 6.45) is -1.58. The summed E-state index contributed by atoms with van der Waals surface area (Å²) in [6, 6.07) is 9.74. The number of hydrogen-bond acceptors (Lipinski definition) is 6. The van der Waals surface area contributed by atoms with Crippen LogP contribution in [-0.4, -0.2) is 31.4 Å². The molecule has 0 radical (unpaired) electrons. The van der Waals surface area contributed by atoms with Gasteiger partial charge in [0.05, 0.1) is 0 Å². The van der Waals surface area contributed by atoms with Crippen molar-refractivity contribution in [3.05, 3.63) is 52.6 Å². The normalized spacial score (nSPS) is 11.8. The van der Waals surface area contributed by atoms with E-state index in [-0.39, 0.29) is 20.6 Å². The number of rotatable bonds is 8. The van der Waals surface area contributed by atoms with Gasteiger partial charge in [-0.3, -0.25) is 0 Å². The van der Waals surface area contributed by atoms with Crippen LogP contribution in [0.25, 0.3) is 33.7 Å². The summed E-state index contributed by atoms with van der Waals surface area (Å²) in [5.74, 6) is 0.318. The van der Waals surface area contributed by atoms with E-state index in [1.807, 2.05) is 22.8 Å². The van der Waals surface area contributed by atoms with Crippen molar-refractivity contribution in [1.29, 1.82) is 0 Å². The molecule has 4 aromatic rings. The number of hydrogen-bond donors (Lipinski definition) is 0. The molecule has 0 bridgehead atoms. The molecular formula is C22H17Cl2F2IN3O4-. The van der Waals surface area contributed by atoms with Crippen molar-refractivity contribution in [2.24, 2.45) is 0 Å². The molecule has 0 amide bonds. The van der Waals surface area contributed by atoms with Crippen LogP contribution in [0, 0.1) is 0 Å². The van der Waals surface area contributed by atoms with Crippen molar-refractivity contribution in [3.8, 4) is 28.6 Å². The van der Waals surface area contributed by atoms with Crippen LogP contribution >= 0.6 is 23.2 Å². The molecule has 0 saturated carbocycles. The summed E-state index contributed by atoms with van der Waals surface area (Å²) in [7, 11) is 0. The zero-order valence-corrected chi connectivity index (χ0v) is 21.5. The molecule has 0 unspecified atom stereocenters. The first kappa shape index (κ1) is 24.7. The van der Waals surface area contributed by atoms with Crippen molar-refractivity contribution in [1.82, 2.24) is 14.7 Å². The van der Waals surface area contributed by atoms with Crippen LogP contribution in [0.5, 0.6) is 5.75 Å². The fourth-order valence-corrected chi connectivity index (χ4v) is 5.36. The van der Waals surface area contributed by atoms with Crippen LogP contribution < -0.4 is 25.9 Å². The van der Waals surface area contributed by atoms with Crippen LogP contribution in [0.1, 0.15) is 13.8 Å². The molecule has 0 aliphatic carbocycles. The number of alkyl halides is 3. The van der Waals surface area contributed by atoms with Gasteiger partial charge in [0.2, 0.25) is 0 Å². The summed E-state index contributed by atoms with van der Waals surface area (Å²) < 4.78 is 43.4. The number of aromatic nitrogens is 3. The number of ether oxygens (including phenoxy) is 2. The first-order valence-corrected chi connectivity index (χ1v) is 13.3. The molecule has 34 heavy (non-hydrogen) atoms. The zero-order valence-electron chi connectivity index (χ0n) is 17.8. The molecule has 180 valence electrons. The van der Waals surface area contributed by atoms with Crippen molar-refractivity contribution in [2.75, 3.05) is 6.61 Å². The van der Waals surface area contributed by atoms with E-state index in [0.717, 1.165) is 10.9 Å². The van der Waals surface area contributed by atoms with Gasteiger partial charge in [0.25, 0.3) is 0 Å². The molecule has 2 heterocycles. The van der Waals surface area contributed by atoms with Crippen LogP contribution in [0.3, 0.4) is 0 Å². The topological polar surface area (TPSA) is 79.4 Å². The molecule has 0 aliphatic heterocycles. The van der Waals surface area contributed by atoms with Crippen molar-refractivity contribution in [3.63, 3.8) is 0 Å². The summed E-state index contributed by atoms with van der Waals surface area (Å²) in [5.41, 5.74) is 1.99. The summed E-state index contributed by atoms with van der Waals surface area (Å²) in [4.78, 5) is 16.1. The van der Waals surface area contributed by atoms with Gasteiger partial charge in [0.1, 0.15) is 5.75 Å². The minimum absolute atomic E-state index is 0.0149. The van der Waals surface area contributed by atoms with Crippen LogP contribution in [0.15, 0.2) is 47.1 Å². The third-order valence-corrected chi connectivity index (χ3v) is 7.15. The average molecular weight is 623 g/mol. The second-order valence-electron chi connectivity index (χ2n) is 7.08. The van der Waals surface area contributed by atoms with Crippen molar-refractivity contribution in [2.45, 2.75) is 24.5 Å². The number of benzene rings is 2. The minimum atomic E-state index is -3.36. The van der Waals surface area contributed by atoms with Gasteiger partial charge in [0, 0.05) is 6.92 Å². The monoisotopic (exact) mass is 622 g/mol. The predicted molar refractivity (Wildman–Crippen MR) is 119 cm³/mol. The first-order chi connectivity index (χ1) is 16.1. The van der Waals surface area contributed by atoms with Gasteiger partial charge in [-0.1, -0.05) is 11.6 Å². The Labute approximate surface area is 213 Å². The van der Waals surface area contributed by atoms with Gasteiger partial charge in [-0.05, 0) is 0 Å². The Balaban J connectivity index is 1.57. The zero-order chi connectivity index (χ0) is 24.5. The van der Waals surface area contributed by atoms with Crippen molar-refractivity contribution < 1.29 is 48.8 Å². The molecule has 2 aromatic heterocycles. The first-order valence-electron chi connectivity index (χ1n) is 9.89. The van der Waals surface area contributed by atoms with E-state index in [9.17, 15) is 13.6 Å². The second kappa shape index (κ2) is 10.0. The molecule has 2 aromatic carbocycles. The number of carbonyl (C=O) groups excluding carboxylic acids is 1. The Hall–Kier alpha value is -2.44. The predicted octanol–water partition coefficient (Wildman–Crippen LogP) is 3.86. The fraction of sp³-hybridized carbons (Fsp3) is 0.227. The van der Waals surface area contributed by atoms with Crippen LogP contribution in [-0.2, 0) is 9.29 Å². The Bertz CT molecular complexity index is 1350. The molecular weight excluding hydrogens is 606 g/mol. The van der Waals surface area contributed by atoms with Crippen LogP contribution in [0.2, 0.25) is 10.0 Å². The Morgan fingerprint density at radius 2 is 1.94 bits per heavy atom. The van der Waals surface area contributed by atoms with E-state index >= 15 is 0 Å². The van der Waals surface area contributed by atoms with Gasteiger partial charge in [-0.15, -0.1) is 0 Å².